The van der Waals surface area contributed by atoms with Crippen LogP contribution < -0.4 is 4.74 Å². The molecule has 0 saturated heterocycles. The van der Waals surface area contributed by atoms with Gasteiger partial charge in [0.1, 0.15) is 5.75 Å². The van der Waals surface area contributed by atoms with Gasteiger partial charge in [-0.15, -0.1) is 0 Å². The normalized spacial score (nSPS) is 12.5. The van der Waals surface area contributed by atoms with E-state index in [2.05, 4.69) is 32.0 Å². The molecule has 3 nitrogen and oxygen atoms in total. The molecule has 0 atom stereocenters. The van der Waals surface area contributed by atoms with Gasteiger partial charge in [-0.2, -0.15) is 0 Å². The molecule has 2 aliphatic rings. The third kappa shape index (κ3) is 4.93. The van der Waals surface area contributed by atoms with Crippen molar-refractivity contribution in [2.24, 2.45) is 0 Å². The van der Waals surface area contributed by atoms with E-state index in [0.29, 0.717) is 22.8 Å². The topological polar surface area (TPSA) is 46.2 Å². The van der Waals surface area contributed by atoms with Crippen LogP contribution in [0.1, 0.15) is 99.5 Å². The van der Waals surface area contributed by atoms with Gasteiger partial charge in [0.05, 0.1) is 5.56 Å². The molecule has 33 heavy (non-hydrogen) atoms. The fraction of sp³-hybridized carbons (Fsp3) is 0.433. The van der Waals surface area contributed by atoms with Gasteiger partial charge in [-0.1, -0.05) is 73.6 Å². The lowest BCUT2D eigenvalue weighted by molar-refractivity contribution is 0.0732. The first-order valence-electron chi connectivity index (χ1n) is 11.7. The maximum atomic E-state index is 13.5. The monoisotopic (exact) mass is 445 g/mol. The van der Waals surface area contributed by atoms with Crippen LogP contribution in [0.25, 0.3) is 11.1 Å². The van der Waals surface area contributed by atoms with Gasteiger partial charge < -0.3 is 4.74 Å². The summed E-state index contributed by atoms with van der Waals surface area (Å²) in [4.78, 5) is 13.5. The summed E-state index contributed by atoms with van der Waals surface area (Å²) < 4.78 is 6.06. The number of hydrogen-bond acceptors (Lipinski definition) is 2. The van der Waals surface area contributed by atoms with E-state index in [9.17, 15) is 9.90 Å². The first-order chi connectivity index (χ1) is 15.1. The molecule has 0 bridgehead atoms. The van der Waals surface area contributed by atoms with Crippen molar-refractivity contribution in [1.82, 2.24) is 0 Å². The number of fused-ring (bicyclic) bond motifs is 1. The molecule has 0 aliphatic heterocycles. The maximum absolute atomic E-state index is 13.5. The minimum Gasteiger partial charge on any atom is -0.423 e. The molecular formula is C30H37O3. The van der Waals surface area contributed by atoms with Crippen LogP contribution in [0.3, 0.4) is 0 Å². The lowest BCUT2D eigenvalue weighted by Crippen LogP contribution is -2.19. The highest BCUT2D eigenvalue weighted by atomic mass is 16.5. The van der Waals surface area contributed by atoms with Crippen molar-refractivity contribution in [1.29, 1.82) is 0 Å². The summed E-state index contributed by atoms with van der Waals surface area (Å²) in [7, 11) is 0. The fourth-order valence-corrected chi connectivity index (χ4v) is 4.33. The molecule has 0 fully saturated rings. The number of carbonyl (C=O) groups is 1. The second-order valence-corrected chi connectivity index (χ2v) is 11.6. The standard InChI is InChI=1S/C30H37O3/c1-17(2)20-12-11-18(3)27-21(14-20)19(4)13-22(27)28(32)33-26-16-23(29(5,6)7)25(31)15-24(26)30(8,9)10/h11-17H,1-10H3. The molecule has 0 aromatic heterocycles. The molecule has 1 radical (unpaired) electrons. The van der Waals surface area contributed by atoms with Gasteiger partial charge in [-0.05, 0) is 76.6 Å². The van der Waals surface area contributed by atoms with Gasteiger partial charge in [-0.3, -0.25) is 5.11 Å². The predicted molar refractivity (Wildman–Crippen MR) is 136 cm³/mol. The zero-order chi connectivity index (χ0) is 24.9. The highest BCUT2D eigenvalue weighted by molar-refractivity contribution is 6.02. The van der Waals surface area contributed by atoms with Crippen LogP contribution in [0.5, 0.6) is 11.5 Å². The first-order valence-corrected chi connectivity index (χ1v) is 11.7. The lowest BCUT2D eigenvalue weighted by Gasteiger charge is -2.26. The Balaban J connectivity index is 2.14. The molecule has 0 amide bonds. The minimum atomic E-state index is -0.391. The molecule has 0 N–H and O–H groups in total. The zero-order valence-corrected chi connectivity index (χ0v) is 21.8. The Morgan fingerprint density at radius 3 is 1.97 bits per heavy atom. The molecule has 0 heterocycles. The summed E-state index contributed by atoms with van der Waals surface area (Å²) in [5, 5.41) is 12.8. The lowest BCUT2D eigenvalue weighted by atomic mass is 9.81. The largest absolute Gasteiger partial charge is 0.423 e. The van der Waals surface area contributed by atoms with Crippen LogP contribution in [0.4, 0.5) is 0 Å². The molecule has 0 spiro atoms. The molecular weight excluding hydrogens is 408 g/mol. The highest BCUT2D eigenvalue weighted by Gasteiger charge is 2.29. The first kappa shape index (κ1) is 24.8. The van der Waals surface area contributed by atoms with Crippen molar-refractivity contribution in [3.05, 3.63) is 69.8 Å². The van der Waals surface area contributed by atoms with Crippen LogP contribution in [0.2, 0.25) is 0 Å². The Labute approximate surface area is 199 Å². The Morgan fingerprint density at radius 2 is 1.42 bits per heavy atom. The van der Waals surface area contributed by atoms with Crippen LogP contribution in [0, 0.1) is 13.8 Å². The third-order valence-electron chi connectivity index (χ3n) is 6.34. The Morgan fingerprint density at radius 1 is 0.818 bits per heavy atom. The van der Waals surface area contributed by atoms with Gasteiger partial charge in [-0.25, -0.2) is 4.79 Å². The van der Waals surface area contributed by atoms with Crippen LogP contribution in [-0.2, 0) is 15.9 Å². The summed E-state index contributed by atoms with van der Waals surface area (Å²) in [5.41, 5.74) is 6.59. The van der Waals surface area contributed by atoms with Gasteiger partial charge in [0, 0.05) is 11.1 Å². The molecule has 3 rings (SSSR count). The Kier molecular flexibility index (Phi) is 6.41. The summed E-state index contributed by atoms with van der Waals surface area (Å²) in [6.07, 6.45) is 0. The van der Waals surface area contributed by atoms with E-state index < -0.39 is 5.97 Å². The molecule has 1 aromatic carbocycles. The van der Waals surface area contributed by atoms with Gasteiger partial charge in [0.2, 0.25) is 0 Å². The van der Waals surface area contributed by atoms with Gasteiger partial charge in [0.15, 0.2) is 5.75 Å². The summed E-state index contributed by atoms with van der Waals surface area (Å²) in [6.45, 7) is 20.5. The number of ether oxygens (including phenoxy) is 1. The van der Waals surface area contributed by atoms with Crippen LogP contribution in [0.15, 0.2) is 36.4 Å². The summed E-state index contributed by atoms with van der Waals surface area (Å²) in [6, 6.07) is 11.7. The molecule has 2 aliphatic carbocycles. The van der Waals surface area contributed by atoms with E-state index in [0.717, 1.165) is 27.8 Å². The second kappa shape index (κ2) is 8.52. The number of rotatable bonds is 3. The summed E-state index contributed by atoms with van der Waals surface area (Å²) >= 11 is 0. The van der Waals surface area contributed by atoms with Crippen LogP contribution >= 0.6 is 0 Å². The molecule has 175 valence electrons. The number of esters is 1. The van der Waals surface area contributed by atoms with Gasteiger partial charge >= 0.3 is 5.97 Å². The Bertz CT molecular complexity index is 1170. The van der Waals surface area contributed by atoms with Crippen molar-refractivity contribution >= 4 is 5.97 Å². The molecule has 1 aromatic rings. The van der Waals surface area contributed by atoms with Gasteiger partial charge in [0.25, 0.3) is 0 Å². The Hall–Kier alpha value is -2.81. The van der Waals surface area contributed by atoms with E-state index in [4.69, 9.17) is 4.74 Å². The molecule has 0 saturated carbocycles. The third-order valence-corrected chi connectivity index (χ3v) is 6.34. The SMILES string of the molecule is Cc1cc(C(=O)Oc2cc(C(C)(C)C)c([O])cc2C(C)(C)C)c2c(C)ccc(C(C)C)cc1-2. The predicted octanol–water partition coefficient (Wildman–Crippen LogP) is 8.49. The van der Waals surface area contributed by atoms with E-state index >= 15 is 0 Å². The van der Waals surface area contributed by atoms with E-state index in [-0.39, 0.29) is 16.6 Å². The minimum absolute atomic E-state index is 0.0223. The van der Waals surface area contributed by atoms with E-state index in [1.165, 1.54) is 5.56 Å². The average molecular weight is 446 g/mol. The van der Waals surface area contributed by atoms with Crippen molar-refractivity contribution in [3.63, 3.8) is 0 Å². The number of hydrogen-bond donors (Lipinski definition) is 0. The maximum Gasteiger partial charge on any atom is 0.344 e. The van der Waals surface area contributed by atoms with Crippen molar-refractivity contribution in [2.45, 2.75) is 86.0 Å². The number of aryl methyl sites for hydroxylation is 2. The highest BCUT2D eigenvalue weighted by Crippen LogP contribution is 2.42. The number of carbonyl (C=O) groups excluding carboxylic acids is 1. The zero-order valence-electron chi connectivity index (χ0n) is 21.8. The fourth-order valence-electron chi connectivity index (χ4n) is 4.33. The summed E-state index contributed by atoms with van der Waals surface area (Å²) in [5.74, 6) is 0.439. The molecule has 3 heteroatoms. The van der Waals surface area contributed by atoms with E-state index in [1.54, 1.807) is 12.1 Å². The quantitative estimate of drug-likeness (QED) is 0.300. The van der Waals surface area contributed by atoms with E-state index in [1.807, 2.05) is 61.5 Å². The van der Waals surface area contributed by atoms with Crippen molar-refractivity contribution in [2.75, 3.05) is 0 Å². The second-order valence-electron chi connectivity index (χ2n) is 11.6. The van der Waals surface area contributed by atoms with Crippen LogP contribution in [-0.4, -0.2) is 5.97 Å². The number of benzene rings is 1. The van der Waals surface area contributed by atoms with Crippen molar-refractivity contribution < 1.29 is 14.6 Å². The average Bonchev–Trinajstić information content (AvgIpc) is 2.89. The van der Waals surface area contributed by atoms with Crippen molar-refractivity contribution in [3.8, 4) is 22.6 Å². The smallest absolute Gasteiger partial charge is 0.344 e. The molecule has 0 unspecified atom stereocenters.